The molecule has 2 aromatic rings. The number of para-hydroxylation sites is 1. The Labute approximate surface area is 120 Å². The van der Waals surface area contributed by atoms with Gasteiger partial charge in [0.2, 0.25) is 0 Å². The van der Waals surface area contributed by atoms with Gasteiger partial charge in [0.05, 0.1) is 13.1 Å². The van der Waals surface area contributed by atoms with E-state index in [0.717, 1.165) is 30.7 Å². The van der Waals surface area contributed by atoms with E-state index in [1.54, 1.807) is 0 Å². The first-order valence-electron chi connectivity index (χ1n) is 7.30. The number of aryl methyl sites for hydroxylation is 1. The fraction of sp³-hybridized carbons (Fsp3) is 0.412. The van der Waals surface area contributed by atoms with Crippen LogP contribution in [0.15, 0.2) is 40.8 Å². The molecule has 20 heavy (non-hydrogen) atoms. The summed E-state index contributed by atoms with van der Waals surface area (Å²) in [6.45, 7) is 3.78. The highest BCUT2D eigenvalue weighted by Crippen LogP contribution is 2.22. The summed E-state index contributed by atoms with van der Waals surface area (Å²) in [7, 11) is 2.09. The van der Waals surface area contributed by atoms with Crippen LogP contribution < -0.4 is 10.2 Å². The average molecular weight is 270 g/mol. The average Bonchev–Trinajstić information content (AvgIpc) is 3.22. The van der Waals surface area contributed by atoms with Crippen LogP contribution in [0.1, 0.15) is 29.9 Å². The predicted molar refractivity (Wildman–Crippen MR) is 81.9 cm³/mol. The summed E-state index contributed by atoms with van der Waals surface area (Å²) < 4.78 is 5.98. The van der Waals surface area contributed by atoms with Gasteiger partial charge in [0, 0.05) is 18.8 Å². The van der Waals surface area contributed by atoms with Gasteiger partial charge in [0.1, 0.15) is 11.5 Å². The fourth-order valence-corrected chi connectivity index (χ4v) is 2.38. The monoisotopic (exact) mass is 270 g/mol. The Kier molecular flexibility index (Phi) is 3.79. The molecule has 1 N–H and O–H groups in total. The van der Waals surface area contributed by atoms with Gasteiger partial charge in [-0.25, -0.2) is 0 Å². The molecule has 3 heteroatoms. The van der Waals surface area contributed by atoms with Crippen molar-refractivity contribution in [2.45, 2.75) is 38.9 Å². The molecule has 0 aliphatic heterocycles. The van der Waals surface area contributed by atoms with E-state index in [1.165, 1.54) is 24.1 Å². The van der Waals surface area contributed by atoms with E-state index in [2.05, 4.69) is 54.5 Å². The first kappa shape index (κ1) is 13.3. The van der Waals surface area contributed by atoms with Crippen LogP contribution in [-0.2, 0) is 13.1 Å². The molecule has 0 saturated heterocycles. The Morgan fingerprint density at radius 1 is 1.25 bits per heavy atom. The Morgan fingerprint density at radius 2 is 2.00 bits per heavy atom. The minimum Gasteiger partial charge on any atom is -0.463 e. The van der Waals surface area contributed by atoms with Gasteiger partial charge in [-0.1, -0.05) is 18.2 Å². The summed E-state index contributed by atoms with van der Waals surface area (Å²) >= 11 is 0. The molecule has 1 fully saturated rings. The van der Waals surface area contributed by atoms with Gasteiger partial charge in [-0.05, 0) is 43.5 Å². The van der Waals surface area contributed by atoms with Crippen molar-refractivity contribution < 1.29 is 4.42 Å². The summed E-state index contributed by atoms with van der Waals surface area (Å²) in [5.74, 6) is 2.11. The van der Waals surface area contributed by atoms with Crippen molar-refractivity contribution in [2.24, 2.45) is 0 Å². The highest BCUT2D eigenvalue weighted by atomic mass is 16.3. The summed E-state index contributed by atoms with van der Waals surface area (Å²) in [6, 6.07) is 13.3. The van der Waals surface area contributed by atoms with Crippen molar-refractivity contribution in [2.75, 3.05) is 11.9 Å². The van der Waals surface area contributed by atoms with Gasteiger partial charge in [-0.2, -0.15) is 0 Å². The molecule has 3 nitrogen and oxygen atoms in total. The molecule has 0 unspecified atom stereocenters. The molecule has 1 aliphatic carbocycles. The second kappa shape index (κ2) is 5.71. The van der Waals surface area contributed by atoms with Crippen LogP contribution in [0, 0.1) is 6.92 Å². The number of nitrogens with one attached hydrogen (secondary N) is 1. The second-order valence-electron chi connectivity index (χ2n) is 5.67. The quantitative estimate of drug-likeness (QED) is 0.871. The van der Waals surface area contributed by atoms with E-state index >= 15 is 0 Å². The van der Waals surface area contributed by atoms with Crippen LogP contribution in [-0.4, -0.2) is 13.1 Å². The molecule has 0 atom stereocenters. The standard InChI is InChI=1S/C17H22N2O/c1-13-10-16(20-17(13)11-18-14-8-9-14)12-19(2)15-6-4-3-5-7-15/h3-7,10,14,18H,8-9,11-12H2,1-2H3. The number of nitrogens with zero attached hydrogens (tertiary/aromatic N) is 1. The smallest absolute Gasteiger partial charge is 0.123 e. The number of hydrogen-bond acceptors (Lipinski definition) is 3. The largest absolute Gasteiger partial charge is 0.463 e. The Bertz CT molecular complexity index is 558. The lowest BCUT2D eigenvalue weighted by Gasteiger charge is -2.17. The van der Waals surface area contributed by atoms with Crippen LogP contribution >= 0.6 is 0 Å². The molecule has 1 aromatic carbocycles. The number of hydrogen-bond donors (Lipinski definition) is 1. The molecular weight excluding hydrogens is 248 g/mol. The highest BCUT2D eigenvalue weighted by Gasteiger charge is 2.21. The third-order valence-corrected chi connectivity index (χ3v) is 3.79. The fourth-order valence-electron chi connectivity index (χ4n) is 2.38. The zero-order chi connectivity index (χ0) is 13.9. The van der Waals surface area contributed by atoms with E-state index < -0.39 is 0 Å². The minimum absolute atomic E-state index is 0.718. The topological polar surface area (TPSA) is 28.4 Å². The molecule has 106 valence electrons. The Morgan fingerprint density at radius 3 is 2.70 bits per heavy atom. The first-order valence-corrected chi connectivity index (χ1v) is 7.30. The van der Waals surface area contributed by atoms with Crippen molar-refractivity contribution >= 4 is 5.69 Å². The summed E-state index contributed by atoms with van der Waals surface area (Å²) in [5, 5.41) is 3.50. The molecule has 3 rings (SSSR count). The summed E-state index contributed by atoms with van der Waals surface area (Å²) in [6.07, 6.45) is 2.62. The molecular formula is C17H22N2O. The van der Waals surface area contributed by atoms with Gasteiger partial charge in [-0.3, -0.25) is 0 Å². The lowest BCUT2D eigenvalue weighted by molar-refractivity contribution is 0.443. The van der Waals surface area contributed by atoms with Crippen LogP contribution in [0.5, 0.6) is 0 Å². The van der Waals surface area contributed by atoms with E-state index in [4.69, 9.17) is 4.42 Å². The van der Waals surface area contributed by atoms with Gasteiger partial charge in [-0.15, -0.1) is 0 Å². The molecule has 1 aromatic heterocycles. The molecule has 0 spiro atoms. The normalized spacial score (nSPS) is 14.5. The predicted octanol–water partition coefficient (Wildman–Crippen LogP) is 3.48. The van der Waals surface area contributed by atoms with Crippen LogP contribution in [0.25, 0.3) is 0 Å². The third-order valence-electron chi connectivity index (χ3n) is 3.79. The first-order chi connectivity index (χ1) is 9.72. The zero-order valence-electron chi connectivity index (χ0n) is 12.2. The summed E-state index contributed by atoms with van der Waals surface area (Å²) in [4.78, 5) is 2.20. The van der Waals surface area contributed by atoms with E-state index in [-0.39, 0.29) is 0 Å². The molecule has 0 radical (unpaired) electrons. The lowest BCUT2D eigenvalue weighted by Crippen LogP contribution is -2.16. The summed E-state index contributed by atoms with van der Waals surface area (Å²) in [5.41, 5.74) is 2.45. The van der Waals surface area contributed by atoms with E-state index in [1.807, 2.05) is 6.07 Å². The molecule has 0 amide bonds. The maximum atomic E-state index is 5.98. The molecule has 1 heterocycles. The maximum Gasteiger partial charge on any atom is 0.123 e. The van der Waals surface area contributed by atoms with Crippen molar-refractivity contribution in [3.05, 3.63) is 53.5 Å². The van der Waals surface area contributed by atoms with E-state index in [0.29, 0.717) is 0 Å². The van der Waals surface area contributed by atoms with Gasteiger partial charge < -0.3 is 14.6 Å². The number of rotatable bonds is 6. The maximum absolute atomic E-state index is 5.98. The molecule has 1 saturated carbocycles. The van der Waals surface area contributed by atoms with Crippen molar-refractivity contribution in [1.29, 1.82) is 0 Å². The second-order valence-corrected chi connectivity index (χ2v) is 5.67. The number of furan rings is 1. The number of anilines is 1. The van der Waals surface area contributed by atoms with Crippen molar-refractivity contribution in [1.82, 2.24) is 5.32 Å². The lowest BCUT2D eigenvalue weighted by atomic mass is 10.2. The zero-order valence-corrected chi connectivity index (χ0v) is 12.2. The Hall–Kier alpha value is -1.74. The van der Waals surface area contributed by atoms with Crippen molar-refractivity contribution in [3.8, 4) is 0 Å². The van der Waals surface area contributed by atoms with Crippen LogP contribution in [0.4, 0.5) is 5.69 Å². The highest BCUT2D eigenvalue weighted by molar-refractivity contribution is 5.45. The van der Waals surface area contributed by atoms with E-state index in [9.17, 15) is 0 Å². The minimum atomic E-state index is 0.718. The van der Waals surface area contributed by atoms with Crippen LogP contribution in [0.3, 0.4) is 0 Å². The molecule has 1 aliphatic rings. The van der Waals surface area contributed by atoms with Gasteiger partial charge in [0.15, 0.2) is 0 Å². The Balaban J connectivity index is 1.63. The third kappa shape index (κ3) is 3.23. The van der Waals surface area contributed by atoms with Gasteiger partial charge >= 0.3 is 0 Å². The SMILES string of the molecule is Cc1cc(CN(C)c2ccccc2)oc1CNC1CC1. The van der Waals surface area contributed by atoms with Crippen molar-refractivity contribution in [3.63, 3.8) is 0 Å². The number of benzene rings is 1. The van der Waals surface area contributed by atoms with Gasteiger partial charge in [0.25, 0.3) is 0 Å². The molecule has 0 bridgehead atoms. The van der Waals surface area contributed by atoms with Crippen LogP contribution in [0.2, 0.25) is 0 Å².